The molecule has 7 N–H and O–H groups in total. The van der Waals surface area contributed by atoms with Gasteiger partial charge in [-0.3, -0.25) is 14.4 Å². The highest BCUT2D eigenvalue weighted by Crippen LogP contribution is 2.18. The fourth-order valence-electron chi connectivity index (χ4n) is 3.69. The molecule has 3 amide bonds. The van der Waals surface area contributed by atoms with E-state index in [0.29, 0.717) is 0 Å². The molecule has 0 fully saturated rings. The number of aromatic amines is 1. The molecule has 11 heteroatoms. The number of thiol groups is 1. The zero-order chi connectivity index (χ0) is 26.1. The summed E-state index contributed by atoms with van der Waals surface area (Å²) in [6, 6.07) is 13.5. The molecule has 0 saturated carbocycles. The Hall–Kier alpha value is -3.83. The van der Waals surface area contributed by atoms with Crippen LogP contribution >= 0.6 is 12.6 Å². The van der Waals surface area contributed by atoms with Crippen molar-refractivity contribution in [2.45, 2.75) is 31.0 Å². The van der Waals surface area contributed by atoms with Crippen molar-refractivity contribution in [3.05, 3.63) is 71.9 Å². The first-order valence-corrected chi connectivity index (χ1v) is 12.0. The van der Waals surface area contributed by atoms with Crippen LogP contribution in [-0.4, -0.2) is 64.2 Å². The van der Waals surface area contributed by atoms with Crippen molar-refractivity contribution >= 4 is 47.2 Å². The van der Waals surface area contributed by atoms with Crippen molar-refractivity contribution < 1.29 is 24.3 Å². The van der Waals surface area contributed by atoms with Gasteiger partial charge in [-0.25, -0.2) is 4.79 Å². The number of nitrogens with two attached hydrogens (primary N) is 1. The van der Waals surface area contributed by atoms with Gasteiger partial charge in [0.15, 0.2) is 0 Å². The second kappa shape index (κ2) is 12.8. The zero-order valence-electron chi connectivity index (χ0n) is 19.4. The second-order valence-corrected chi connectivity index (χ2v) is 8.64. The number of amides is 3. The van der Waals surface area contributed by atoms with Gasteiger partial charge in [-0.1, -0.05) is 48.5 Å². The van der Waals surface area contributed by atoms with Gasteiger partial charge in [-0.05, 0) is 23.6 Å². The molecule has 3 atom stereocenters. The molecule has 1 heterocycles. The summed E-state index contributed by atoms with van der Waals surface area (Å²) < 4.78 is 0. The SMILES string of the molecule is NC(Cc1c[nH]c2ccccc12)C(=O)NCC(=O)NC(Cc1ccccc1)C(=O)NC(CS)C(=O)O. The van der Waals surface area contributed by atoms with E-state index < -0.39 is 48.4 Å². The maximum Gasteiger partial charge on any atom is 0.327 e. The van der Waals surface area contributed by atoms with Crippen LogP contribution in [0.25, 0.3) is 10.9 Å². The summed E-state index contributed by atoms with van der Waals surface area (Å²) in [6.45, 7) is -0.395. The molecule has 10 nitrogen and oxygen atoms in total. The van der Waals surface area contributed by atoms with Crippen molar-refractivity contribution in [2.75, 3.05) is 12.3 Å². The van der Waals surface area contributed by atoms with Crippen LogP contribution in [0.4, 0.5) is 0 Å². The molecule has 190 valence electrons. The number of aromatic nitrogens is 1. The van der Waals surface area contributed by atoms with Crippen molar-refractivity contribution in [2.24, 2.45) is 5.73 Å². The average Bonchev–Trinajstić information content (AvgIpc) is 3.28. The lowest BCUT2D eigenvalue weighted by Crippen LogP contribution is -2.55. The molecule has 2 aromatic carbocycles. The van der Waals surface area contributed by atoms with Crippen LogP contribution < -0.4 is 21.7 Å². The standard InChI is InChI=1S/C25H29N5O5S/c26-18(11-16-12-27-19-9-5-4-8-17(16)19)23(32)28-13-22(31)29-20(10-15-6-2-1-3-7-15)24(33)30-21(14-36)25(34)35/h1-9,12,18,20-21,27,36H,10-11,13-14,26H2,(H,28,32)(H,29,31)(H,30,33)(H,34,35). The number of carbonyl (C=O) groups is 4. The van der Waals surface area contributed by atoms with Crippen LogP contribution in [-0.2, 0) is 32.0 Å². The molecular weight excluding hydrogens is 482 g/mol. The number of hydrogen-bond acceptors (Lipinski definition) is 6. The molecule has 36 heavy (non-hydrogen) atoms. The number of carbonyl (C=O) groups excluding carboxylic acids is 3. The zero-order valence-corrected chi connectivity index (χ0v) is 20.3. The largest absolute Gasteiger partial charge is 0.480 e. The van der Waals surface area contributed by atoms with E-state index in [0.717, 1.165) is 22.0 Å². The Kier molecular flexibility index (Phi) is 9.48. The van der Waals surface area contributed by atoms with Crippen molar-refractivity contribution in [3.8, 4) is 0 Å². The van der Waals surface area contributed by atoms with Crippen LogP contribution in [0, 0.1) is 0 Å². The Morgan fingerprint density at radius 1 is 0.917 bits per heavy atom. The normalized spacial score (nSPS) is 13.4. The minimum Gasteiger partial charge on any atom is -0.480 e. The van der Waals surface area contributed by atoms with E-state index in [1.165, 1.54) is 0 Å². The third-order valence-electron chi connectivity index (χ3n) is 5.61. The van der Waals surface area contributed by atoms with Crippen LogP contribution in [0.5, 0.6) is 0 Å². The van der Waals surface area contributed by atoms with Crippen LogP contribution in [0.1, 0.15) is 11.1 Å². The number of benzene rings is 2. The van der Waals surface area contributed by atoms with Gasteiger partial charge < -0.3 is 31.8 Å². The first kappa shape index (κ1) is 26.8. The number of H-pyrrole nitrogens is 1. The maximum atomic E-state index is 12.8. The molecule has 1 aromatic heterocycles. The molecule has 3 rings (SSSR count). The molecule has 3 aromatic rings. The van der Waals surface area contributed by atoms with Crippen molar-refractivity contribution in [3.63, 3.8) is 0 Å². The number of carboxylic acids is 1. The topological polar surface area (TPSA) is 166 Å². The number of hydrogen-bond donors (Lipinski definition) is 7. The van der Waals surface area contributed by atoms with Gasteiger partial charge in [0.2, 0.25) is 17.7 Å². The van der Waals surface area contributed by atoms with Crippen molar-refractivity contribution in [1.29, 1.82) is 0 Å². The highest BCUT2D eigenvalue weighted by atomic mass is 32.1. The second-order valence-electron chi connectivity index (χ2n) is 8.28. The first-order valence-electron chi connectivity index (χ1n) is 11.3. The summed E-state index contributed by atoms with van der Waals surface area (Å²) in [5.41, 5.74) is 8.63. The highest BCUT2D eigenvalue weighted by molar-refractivity contribution is 7.80. The summed E-state index contributed by atoms with van der Waals surface area (Å²) in [5, 5.41) is 17.6. The number of para-hydroxylation sites is 1. The lowest BCUT2D eigenvalue weighted by molar-refractivity contribution is -0.141. The molecule has 0 aliphatic carbocycles. The third-order valence-corrected chi connectivity index (χ3v) is 5.97. The van der Waals surface area contributed by atoms with Gasteiger partial charge >= 0.3 is 5.97 Å². The van der Waals surface area contributed by atoms with Crippen LogP contribution in [0.2, 0.25) is 0 Å². The van der Waals surface area contributed by atoms with E-state index in [1.54, 1.807) is 30.5 Å². The summed E-state index contributed by atoms with van der Waals surface area (Å²) in [4.78, 5) is 52.2. The van der Waals surface area contributed by atoms with E-state index in [4.69, 9.17) is 5.73 Å². The number of fused-ring (bicyclic) bond motifs is 1. The van der Waals surface area contributed by atoms with E-state index in [1.807, 2.05) is 30.3 Å². The molecule has 0 aliphatic heterocycles. The van der Waals surface area contributed by atoms with Gasteiger partial charge in [0.05, 0.1) is 12.6 Å². The maximum absolute atomic E-state index is 12.8. The molecule has 0 spiro atoms. The van der Waals surface area contributed by atoms with E-state index in [9.17, 15) is 24.3 Å². The molecule has 0 saturated heterocycles. The molecular formula is C25H29N5O5S. The Balaban J connectivity index is 1.58. The summed E-state index contributed by atoms with van der Waals surface area (Å²) in [7, 11) is 0. The number of rotatable bonds is 12. The van der Waals surface area contributed by atoms with Gasteiger partial charge in [0, 0.05) is 29.3 Å². The third kappa shape index (κ3) is 7.33. The lowest BCUT2D eigenvalue weighted by Gasteiger charge is -2.21. The van der Waals surface area contributed by atoms with E-state index >= 15 is 0 Å². The van der Waals surface area contributed by atoms with E-state index in [-0.39, 0.29) is 18.6 Å². The van der Waals surface area contributed by atoms with Crippen molar-refractivity contribution in [1.82, 2.24) is 20.9 Å². The number of aliphatic carboxylic acids is 1. The predicted octanol–water partition coefficient (Wildman–Crippen LogP) is 0.381. The Morgan fingerprint density at radius 3 is 2.31 bits per heavy atom. The predicted molar refractivity (Wildman–Crippen MR) is 138 cm³/mol. The Bertz CT molecular complexity index is 1220. The van der Waals surface area contributed by atoms with Gasteiger partial charge in [-0.15, -0.1) is 0 Å². The fourth-order valence-corrected chi connectivity index (χ4v) is 3.94. The summed E-state index contributed by atoms with van der Waals surface area (Å²) in [5.74, 6) is -3.15. The number of nitrogens with one attached hydrogen (secondary N) is 4. The molecule has 3 unspecified atom stereocenters. The van der Waals surface area contributed by atoms with E-state index in [2.05, 4.69) is 33.6 Å². The summed E-state index contributed by atoms with van der Waals surface area (Å²) in [6.07, 6.45) is 2.20. The number of carboxylic acid groups (broad SMARTS) is 1. The monoisotopic (exact) mass is 511 g/mol. The first-order chi connectivity index (χ1) is 17.3. The highest BCUT2D eigenvalue weighted by Gasteiger charge is 2.26. The molecule has 0 radical (unpaired) electrons. The molecule has 0 aliphatic rings. The van der Waals surface area contributed by atoms with Crippen LogP contribution in [0.3, 0.4) is 0 Å². The quantitative estimate of drug-likeness (QED) is 0.174. The Labute approximate surface area is 213 Å². The Morgan fingerprint density at radius 2 is 1.61 bits per heavy atom. The average molecular weight is 512 g/mol. The van der Waals surface area contributed by atoms with Gasteiger partial charge in [-0.2, -0.15) is 12.6 Å². The smallest absolute Gasteiger partial charge is 0.327 e. The van der Waals surface area contributed by atoms with Gasteiger partial charge in [0.25, 0.3) is 0 Å². The molecule has 0 bridgehead atoms. The fraction of sp³-hybridized carbons (Fsp3) is 0.280. The summed E-state index contributed by atoms with van der Waals surface area (Å²) >= 11 is 3.95. The lowest BCUT2D eigenvalue weighted by atomic mass is 10.0. The van der Waals surface area contributed by atoms with Crippen LogP contribution in [0.15, 0.2) is 60.8 Å². The minimum atomic E-state index is -1.24. The van der Waals surface area contributed by atoms with Gasteiger partial charge in [0.1, 0.15) is 12.1 Å². The minimum absolute atomic E-state index is 0.114.